The maximum absolute atomic E-state index is 13.1. The van der Waals surface area contributed by atoms with Crippen LogP contribution in [-0.4, -0.2) is 45.2 Å². The van der Waals surface area contributed by atoms with Crippen molar-refractivity contribution in [2.45, 2.75) is 39.9 Å². The summed E-state index contributed by atoms with van der Waals surface area (Å²) in [5.74, 6) is -3.89. The van der Waals surface area contributed by atoms with Crippen molar-refractivity contribution in [1.29, 1.82) is 0 Å². The van der Waals surface area contributed by atoms with Crippen molar-refractivity contribution >= 4 is 17.4 Å². The summed E-state index contributed by atoms with van der Waals surface area (Å²) >= 11 is 0. The molecule has 0 aromatic heterocycles. The summed E-state index contributed by atoms with van der Waals surface area (Å²) in [6.45, 7) is 6.75. The van der Waals surface area contributed by atoms with E-state index in [1.165, 1.54) is 0 Å². The van der Waals surface area contributed by atoms with Crippen molar-refractivity contribution in [3.63, 3.8) is 0 Å². The number of hydrogen-bond donors (Lipinski definition) is 2. The molecule has 0 aliphatic rings. The summed E-state index contributed by atoms with van der Waals surface area (Å²) < 4.78 is 44.1. The van der Waals surface area contributed by atoms with Crippen molar-refractivity contribution < 1.29 is 42.7 Å². The van der Waals surface area contributed by atoms with Gasteiger partial charge in [0.1, 0.15) is 16.9 Å². The molecule has 0 aliphatic heterocycles. The fourth-order valence-electron chi connectivity index (χ4n) is 2.29. The zero-order valence-corrected chi connectivity index (χ0v) is 16.8. The minimum atomic E-state index is -5.12. The van der Waals surface area contributed by atoms with E-state index in [4.69, 9.17) is 4.74 Å². The molecule has 9 nitrogen and oxygen atoms in total. The molecule has 1 atom stereocenters. The molecular formula is C18H21F3N2O7. The van der Waals surface area contributed by atoms with Gasteiger partial charge in [0.15, 0.2) is 0 Å². The van der Waals surface area contributed by atoms with Gasteiger partial charge in [0.25, 0.3) is 5.69 Å². The topological polar surface area (TPSA) is 130 Å². The number of nitro groups is 1. The summed E-state index contributed by atoms with van der Waals surface area (Å²) in [6.07, 6.45) is -4.52. The lowest BCUT2D eigenvalue weighted by molar-refractivity contribution is -0.388. The van der Waals surface area contributed by atoms with Crippen LogP contribution in [0.15, 0.2) is 23.9 Å². The largest absolute Gasteiger partial charge is 0.496 e. The third-order valence-electron chi connectivity index (χ3n) is 4.45. The van der Waals surface area contributed by atoms with Crippen molar-refractivity contribution in [3.8, 4) is 5.75 Å². The SMILES string of the molecule is COc1cc(C(F)(F)F)c([N+](=O)[O-])cc1C(=O)C(=CN(O)C(C)C(C)(C)C)C(=O)O. The van der Waals surface area contributed by atoms with Gasteiger partial charge in [0.2, 0.25) is 5.78 Å². The minimum Gasteiger partial charge on any atom is -0.496 e. The highest BCUT2D eigenvalue weighted by Gasteiger charge is 2.40. The van der Waals surface area contributed by atoms with E-state index in [0.29, 0.717) is 17.3 Å². The lowest BCUT2D eigenvalue weighted by Crippen LogP contribution is -2.37. The third kappa shape index (κ3) is 5.47. The first-order chi connectivity index (χ1) is 13.5. The summed E-state index contributed by atoms with van der Waals surface area (Å²) in [6, 6.07) is -0.113. The molecule has 0 saturated heterocycles. The number of nitrogens with zero attached hydrogens (tertiary/aromatic N) is 2. The fraction of sp³-hybridized carbons (Fsp3) is 0.444. The van der Waals surface area contributed by atoms with Crippen LogP contribution < -0.4 is 4.74 Å². The average Bonchev–Trinajstić information content (AvgIpc) is 2.61. The van der Waals surface area contributed by atoms with Gasteiger partial charge in [0, 0.05) is 18.3 Å². The first-order valence-electron chi connectivity index (χ1n) is 8.43. The zero-order valence-electron chi connectivity index (χ0n) is 16.8. The molecule has 30 heavy (non-hydrogen) atoms. The Morgan fingerprint density at radius 2 is 1.80 bits per heavy atom. The van der Waals surface area contributed by atoms with Crippen molar-refractivity contribution in [1.82, 2.24) is 5.06 Å². The number of ketones is 1. The Kier molecular flexibility index (Phi) is 7.21. The highest BCUT2D eigenvalue weighted by molar-refractivity contribution is 6.24. The third-order valence-corrected chi connectivity index (χ3v) is 4.45. The second-order valence-electron chi connectivity index (χ2n) is 7.42. The quantitative estimate of drug-likeness (QED) is 0.165. The molecule has 1 aromatic rings. The molecule has 0 saturated carbocycles. The minimum absolute atomic E-state index is 0.249. The zero-order chi connectivity index (χ0) is 23.6. The first-order valence-corrected chi connectivity index (χ1v) is 8.43. The number of hydroxylamine groups is 2. The molecule has 0 amide bonds. The number of hydrogen-bond acceptors (Lipinski definition) is 7. The van der Waals surface area contributed by atoms with Gasteiger partial charge in [-0.15, -0.1) is 0 Å². The number of carbonyl (C=O) groups excluding carboxylic acids is 1. The number of alkyl halides is 3. The maximum Gasteiger partial charge on any atom is 0.423 e. The van der Waals surface area contributed by atoms with E-state index in [0.717, 1.165) is 7.11 Å². The van der Waals surface area contributed by atoms with E-state index in [1.807, 2.05) is 0 Å². The van der Waals surface area contributed by atoms with Crippen LogP contribution in [0.4, 0.5) is 18.9 Å². The Bertz CT molecular complexity index is 889. The molecule has 0 radical (unpaired) electrons. The number of aliphatic carboxylic acids is 1. The lowest BCUT2D eigenvalue weighted by atomic mass is 9.88. The standard InChI is InChI=1S/C18H21F3N2O7/c1-9(17(2,3)4)22(27)8-11(16(25)26)15(24)10-6-13(23(28)29)12(18(19,20)21)7-14(10)30-5/h6-9,27H,1-5H3,(H,25,26). The van der Waals surface area contributed by atoms with Gasteiger partial charge in [-0.3, -0.25) is 25.2 Å². The summed E-state index contributed by atoms with van der Waals surface area (Å²) in [4.78, 5) is 34.1. The highest BCUT2D eigenvalue weighted by Crippen LogP contribution is 2.40. The smallest absolute Gasteiger partial charge is 0.423 e. The summed E-state index contributed by atoms with van der Waals surface area (Å²) in [7, 11) is 0.919. The van der Waals surface area contributed by atoms with Crippen LogP contribution in [0.1, 0.15) is 43.6 Å². The number of nitro benzene ring substituents is 1. The molecule has 1 aromatic carbocycles. The van der Waals surface area contributed by atoms with Gasteiger partial charge in [-0.05, 0) is 12.3 Å². The second-order valence-corrected chi connectivity index (χ2v) is 7.42. The van der Waals surface area contributed by atoms with E-state index >= 15 is 0 Å². The molecule has 166 valence electrons. The maximum atomic E-state index is 13.1. The van der Waals surface area contributed by atoms with Crippen LogP contribution in [0.25, 0.3) is 0 Å². The number of carbonyl (C=O) groups is 2. The van der Waals surface area contributed by atoms with Gasteiger partial charge < -0.3 is 9.84 Å². The van der Waals surface area contributed by atoms with Crippen LogP contribution in [0.2, 0.25) is 0 Å². The molecule has 0 spiro atoms. The number of methoxy groups -OCH3 is 1. The van der Waals surface area contributed by atoms with Gasteiger partial charge in [-0.2, -0.15) is 13.2 Å². The van der Waals surface area contributed by atoms with Crippen molar-refractivity contribution in [2.75, 3.05) is 7.11 Å². The number of benzene rings is 1. The average molecular weight is 434 g/mol. The van der Waals surface area contributed by atoms with Crippen molar-refractivity contribution in [2.24, 2.45) is 5.41 Å². The Hall–Kier alpha value is -3.15. The van der Waals surface area contributed by atoms with Gasteiger partial charge >= 0.3 is 12.1 Å². The van der Waals surface area contributed by atoms with E-state index in [-0.39, 0.29) is 6.07 Å². The van der Waals surface area contributed by atoms with Crippen LogP contribution >= 0.6 is 0 Å². The Morgan fingerprint density at radius 1 is 1.27 bits per heavy atom. The number of carboxylic acids is 1. The monoisotopic (exact) mass is 434 g/mol. The van der Waals surface area contributed by atoms with Crippen LogP contribution in [-0.2, 0) is 11.0 Å². The van der Waals surface area contributed by atoms with Crippen LogP contribution in [0.5, 0.6) is 5.75 Å². The summed E-state index contributed by atoms with van der Waals surface area (Å²) in [5.41, 5.74) is -5.45. The number of carboxylic acid groups (broad SMARTS) is 1. The molecule has 1 unspecified atom stereocenters. The molecule has 0 aliphatic carbocycles. The first kappa shape index (κ1) is 24.9. The number of ether oxygens (including phenoxy) is 1. The fourth-order valence-corrected chi connectivity index (χ4v) is 2.29. The van der Waals surface area contributed by atoms with E-state index < -0.39 is 62.4 Å². The highest BCUT2D eigenvalue weighted by atomic mass is 19.4. The molecule has 0 fully saturated rings. The van der Waals surface area contributed by atoms with E-state index in [1.54, 1.807) is 27.7 Å². The number of halogens is 3. The molecule has 2 N–H and O–H groups in total. The molecule has 0 heterocycles. The van der Waals surface area contributed by atoms with Crippen LogP contribution in [0.3, 0.4) is 0 Å². The predicted molar refractivity (Wildman–Crippen MR) is 97.2 cm³/mol. The van der Waals surface area contributed by atoms with E-state index in [2.05, 4.69) is 0 Å². The molecule has 12 heteroatoms. The Balaban J connectivity index is 3.66. The Morgan fingerprint density at radius 3 is 2.17 bits per heavy atom. The van der Waals surface area contributed by atoms with Gasteiger partial charge in [-0.25, -0.2) is 4.79 Å². The molecule has 1 rings (SSSR count). The van der Waals surface area contributed by atoms with Gasteiger partial charge in [0.05, 0.1) is 23.6 Å². The van der Waals surface area contributed by atoms with Crippen LogP contribution in [0, 0.1) is 15.5 Å². The van der Waals surface area contributed by atoms with Gasteiger partial charge in [-0.1, -0.05) is 20.8 Å². The summed E-state index contributed by atoms with van der Waals surface area (Å²) in [5, 5.41) is 31.1. The predicted octanol–water partition coefficient (Wildman–Crippen LogP) is 3.90. The normalized spacial score (nSPS) is 13.6. The lowest BCUT2D eigenvalue weighted by Gasteiger charge is -2.32. The Labute approximate surface area is 169 Å². The van der Waals surface area contributed by atoms with Crippen molar-refractivity contribution in [3.05, 3.63) is 45.1 Å². The number of Topliss-reactive ketones (excluding diaryl/α,β-unsaturated/α-hetero) is 1. The second kappa shape index (κ2) is 8.69. The molecular weight excluding hydrogens is 413 g/mol. The number of rotatable bonds is 7. The van der Waals surface area contributed by atoms with E-state index in [9.17, 15) is 43.2 Å². The molecule has 0 bridgehead atoms.